The second kappa shape index (κ2) is 10.8. The molecule has 0 aliphatic carbocycles. The van der Waals surface area contributed by atoms with E-state index in [0.29, 0.717) is 26.0 Å². The molecule has 0 unspecified atom stereocenters. The molecular weight excluding hydrogens is 414 g/mol. The van der Waals surface area contributed by atoms with Crippen LogP contribution in [-0.2, 0) is 16.0 Å². The first kappa shape index (κ1) is 22.6. The van der Waals surface area contributed by atoms with E-state index in [4.69, 9.17) is 14.5 Å². The zero-order valence-electron chi connectivity index (χ0n) is 19.1. The molecule has 1 N–H and O–H groups in total. The Morgan fingerprint density at radius 2 is 1.79 bits per heavy atom. The Labute approximate surface area is 194 Å². The summed E-state index contributed by atoms with van der Waals surface area (Å²) in [5.41, 5.74) is 5.92. The molecule has 0 atom stereocenters. The predicted molar refractivity (Wildman–Crippen MR) is 130 cm³/mol. The van der Waals surface area contributed by atoms with Crippen LogP contribution in [0.3, 0.4) is 0 Å². The van der Waals surface area contributed by atoms with E-state index in [-0.39, 0.29) is 5.91 Å². The lowest BCUT2D eigenvalue weighted by atomic mass is 10.1. The number of fused-ring (bicyclic) bond motifs is 1. The van der Waals surface area contributed by atoms with Crippen LogP contribution in [0, 0.1) is 0 Å². The van der Waals surface area contributed by atoms with Crippen molar-refractivity contribution in [2.24, 2.45) is 0 Å². The summed E-state index contributed by atoms with van der Waals surface area (Å²) in [4.78, 5) is 17.4. The molecule has 6 nitrogen and oxygen atoms in total. The van der Waals surface area contributed by atoms with Crippen molar-refractivity contribution in [3.8, 4) is 28.1 Å². The Balaban J connectivity index is 1.69. The van der Waals surface area contributed by atoms with Gasteiger partial charge in [-0.2, -0.15) is 0 Å². The van der Waals surface area contributed by atoms with Gasteiger partial charge in [0.25, 0.3) is 0 Å². The highest BCUT2D eigenvalue weighted by Gasteiger charge is 2.16. The average molecular weight is 444 g/mol. The minimum Gasteiger partial charge on any atom is -0.497 e. The molecule has 0 spiro atoms. The SMILES string of the molecule is COCCCNC(=O)CCc1c(-c2cccc(OC)c2)nc2ccc(-c3ccccc3)cn12. The average Bonchev–Trinajstić information content (AvgIpc) is 3.23. The van der Waals surface area contributed by atoms with Crippen molar-refractivity contribution in [2.75, 3.05) is 27.4 Å². The van der Waals surface area contributed by atoms with Gasteiger partial charge in [-0.15, -0.1) is 0 Å². The van der Waals surface area contributed by atoms with E-state index in [9.17, 15) is 4.79 Å². The number of amides is 1. The van der Waals surface area contributed by atoms with Crippen LogP contribution in [-0.4, -0.2) is 42.7 Å². The van der Waals surface area contributed by atoms with Crippen LogP contribution in [0.5, 0.6) is 5.75 Å². The Bertz CT molecular complexity index is 1220. The van der Waals surface area contributed by atoms with Gasteiger partial charge in [0.1, 0.15) is 11.4 Å². The quantitative estimate of drug-likeness (QED) is 0.359. The van der Waals surface area contributed by atoms with Gasteiger partial charge in [-0.25, -0.2) is 4.98 Å². The first-order chi connectivity index (χ1) is 16.2. The molecule has 2 aromatic carbocycles. The standard InChI is InChI=1S/C27H29N3O3/c1-32-17-7-16-28-26(31)15-13-24-27(21-10-6-11-23(18-21)33-2)29-25-14-12-22(19-30(24)25)20-8-4-3-5-9-20/h3-6,8-12,14,18-19H,7,13,15-17H2,1-2H3,(H,28,31). The maximum absolute atomic E-state index is 12.5. The molecule has 4 rings (SSSR count). The Hall–Kier alpha value is -3.64. The summed E-state index contributed by atoms with van der Waals surface area (Å²) < 4.78 is 12.6. The largest absolute Gasteiger partial charge is 0.497 e. The lowest BCUT2D eigenvalue weighted by molar-refractivity contribution is -0.121. The first-order valence-corrected chi connectivity index (χ1v) is 11.2. The van der Waals surface area contributed by atoms with Gasteiger partial charge >= 0.3 is 0 Å². The molecule has 1 amide bonds. The lowest BCUT2D eigenvalue weighted by Crippen LogP contribution is -2.25. The molecule has 170 valence electrons. The minimum absolute atomic E-state index is 0.0249. The third-order valence-electron chi connectivity index (χ3n) is 5.60. The van der Waals surface area contributed by atoms with E-state index in [1.54, 1.807) is 14.2 Å². The van der Waals surface area contributed by atoms with Gasteiger partial charge in [-0.1, -0.05) is 42.5 Å². The van der Waals surface area contributed by atoms with Crippen molar-refractivity contribution < 1.29 is 14.3 Å². The number of nitrogens with zero attached hydrogens (tertiary/aromatic N) is 2. The van der Waals surface area contributed by atoms with E-state index < -0.39 is 0 Å². The molecule has 0 fully saturated rings. The molecule has 6 heteroatoms. The summed E-state index contributed by atoms with van der Waals surface area (Å²) in [6, 6.07) is 22.2. The zero-order valence-corrected chi connectivity index (χ0v) is 19.1. The summed E-state index contributed by atoms with van der Waals surface area (Å²) in [7, 11) is 3.32. The van der Waals surface area contributed by atoms with Gasteiger partial charge in [-0.05, 0) is 48.2 Å². The number of nitrogens with one attached hydrogen (secondary N) is 1. The van der Waals surface area contributed by atoms with E-state index in [1.807, 2.05) is 48.5 Å². The fourth-order valence-corrected chi connectivity index (χ4v) is 3.90. The fraction of sp³-hybridized carbons (Fsp3) is 0.259. The van der Waals surface area contributed by atoms with Crippen LogP contribution >= 0.6 is 0 Å². The maximum atomic E-state index is 12.5. The summed E-state index contributed by atoms with van der Waals surface area (Å²) in [5.74, 6) is 0.799. The molecule has 4 aromatic rings. The second-order valence-electron chi connectivity index (χ2n) is 7.85. The van der Waals surface area contributed by atoms with E-state index in [2.05, 4.69) is 34.1 Å². The highest BCUT2D eigenvalue weighted by molar-refractivity contribution is 5.77. The first-order valence-electron chi connectivity index (χ1n) is 11.2. The molecule has 33 heavy (non-hydrogen) atoms. The Kier molecular flexibility index (Phi) is 7.37. The van der Waals surface area contributed by atoms with Crippen LogP contribution in [0.15, 0.2) is 72.9 Å². The van der Waals surface area contributed by atoms with Crippen molar-refractivity contribution in [1.82, 2.24) is 14.7 Å². The molecule has 0 bridgehead atoms. The smallest absolute Gasteiger partial charge is 0.220 e. The van der Waals surface area contributed by atoms with Crippen LogP contribution < -0.4 is 10.1 Å². The van der Waals surface area contributed by atoms with Gasteiger partial charge in [0.15, 0.2) is 0 Å². The normalized spacial score (nSPS) is 11.0. The van der Waals surface area contributed by atoms with Crippen molar-refractivity contribution in [2.45, 2.75) is 19.3 Å². The fourth-order valence-electron chi connectivity index (χ4n) is 3.90. The van der Waals surface area contributed by atoms with Crippen molar-refractivity contribution in [3.05, 3.63) is 78.6 Å². The summed E-state index contributed by atoms with van der Waals surface area (Å²) in [6.07, 6.45) is 3.86. The number of hydrogen-bond donors (Lipinski definition) is 1. The molecule has 0 saturated carbocycles. The number of hydrogen-bond acceptors (Lipinski definition) is 4. The molecule has 0 aliphatic heterocycles. The van der Waals surface area contributed by atoms with E-state index >= 15 is 0 Å². The van der Waals surface area contributed by atoms with Crippen LogP contribution in [0.4, 0.5) is 0 Å². The summed E-state index contributed by atoms with van der Waals surface area (Å²) in [6.45, 7) is 1.25. The monoisotopic (exact) mass is 443 g/mol. The summed E-state index contributed by atoms with van der Waals surface area (Å²) in [5, 5.41) is 2.97. The molecule has 0 aliphatic rings. The van der Waals surface area contributed by atoms with Crippen LogP contribution in [0.25, 0.3) is 28.0 Å². The Morgan fingerprint density at radius 3 is 2.58 bits per heavy atom. The number of carbonyl (C=O) groups excluding carboxylic acids is 1. The third kappa shape index (κ3) is 5.41. The van der Waals surface area contributed by atoms with Gasteiger partial charge < -0.3 is 19.2 Å². The molecule has 0 saturated heterocycles. The van der Waals surface area contributed by atoms with Crippen molar-refractivity contribution in [1.29, 1.82) is 0 Å². The van der Waals surface area contributed by atoms with Gasteiger partial charge in [-0.3, -0.25) is 4.79 Å². The number of pyridine rings is 1. The topological polar surface area (TPSA) is 64.9 Å². The van der Waals surface area contributed by atoms with E-state index in [1.165, 1.54) is 0 Å². The maximum Gasteiger partial charge on any atom is 0.220 e. The summed E-state index contributed by atoms with van der Waals surface area (Å²) >= 11 is 0. The van der Waals surface area contributed by atoms with E-state index in [0.717, 1.165) is 45.9 Å². The molecule has 0 radical (unpaired) electrons. The number of benzene rings is 2. The highest BCUT2D eigenvalue weighted by Crippen LogP contribution is 2.30. The Morgan fingerprint density at radius 1 is 0.970 bits per heavy atom. The number of ether oxygens (including phenoxy) is 2. The lowest BCUT2D eigenvalue weighted by Gasteiger charge is -2.09. The number of aromatic nitrogens is 2. The van der Waals surface area contributed by atoms with Crippen LogP contribution in [0.1, 0.15) is 18.5 Å². The molecule has 2 aromatic heterocycles. The number of aryl methyl sites for hydroxylation is 1. The number of rotatable bonds is 10. The minimum atomic E-state index is 0.0249. The molecule has 2 heterocycles. The zero-order chi connectivity index (χ0) is 23.0. The van der Waals surface area contributed by atoms with Gasteiger partial charge in [0.05, 0.1) is 18.5 Å². The van der Waals surface area contributed by atoms with Gasteiger partial charge in [0.2, 0.25) is 5.91 Å². The van der Waals surface area contributed by atoms with Crippen molar-refractivity contribution in [3.63, 3.8) is 0 Å². The highest BCUT2D eigenvalue weighted by atomic mass is 16.5. The molecular formula is C27H29N3O3. The number of methoxy groups -OCH3 is 2. The second-order valence-corrected chi connectivity index (χ2v) is 7.85. The third-order valence-corrected chi connectivity index (χ3v) is 5.60. The number of imidazole rings is 1. The van der Waals surface area contributed by atoms with Crippen molar-refractivity contribution >= 4 is 11.6 Å². The van der Waals surface area contributed by atoms with Crippen LogP contribution in [0.2, 0.25) is 0 Å². The van der Waals surface area contributed by atoms with Gasteiger partial charge in [0, 0.05) is 38.4 Å². The predicted octanol–water partition coefficient (Wildman–Crippen LogP) is 4.76. The number of carbonyl (C=O) groups is 1.